The number of imidazole rings is 1. The molecule has 0 bridgehead atoms. The lowest BCUT2D eigenvalue weighted by molar-refractivity contribution is -0.120. The van der Waals surface area contributed by atoms with Crippen LogP contribution in [-0.2, 0) is 29.0 Å². The fourth-order valence-electron chi connectivity index (χ4n) is 1.71. The molecule has 19 heavy (non-hydrogen) atoms. The van der Waals surface area contributed by atoms with Crippen molar-refractivity contribution in [3.8, 4) is 0 Å². The first-order valence-electron chi connectivity index (χ1n) is 6.06. The number of methoxy groups -OCH3 is 1. The van der Waals surface area contributed by atoms with Gasteiger partial charge in [0, 0.05) is 24.7 Å². The normalized spacial score (nSPS) is 10.6. The number of carbonyl (C=O) groups excluding carboxylic acids is 1. The number of aromatic nitrogens is 2. The number of hydrogen-bond donors (Lipinski definition) is 1. The monoisotopic (exact) mass is 279 g/mol. The van der Waals surface area contributed by atoms with E-state index in [2.05, 4.69) is 10.3 Å². The minimum absolute atomic E-state index is 0.0296. The smallest absolute Gasteiger partial charge is 0.225 e. The van der Waals surface area contributed by atoms with E-state index in [4.69, 9.17) is 4.74 Å². The van der Waals surface area contributed by atoms with Crippen LogP contribution in [0.25, 0.3) is 0 Å². The Kier molecular flexibility index (Phi) is 5.11. The number of nitrogens with one attached hydrogen (secondary N) is 1. The second-order valence-corrected chi connectivity index (χ2v) is 5.14. The molecule has 0 aliphatic carbocycles. The molecule has 6 heteroatoms. The summed E-state index contributed by atoms with van der Waals surface area (Å²) in [5.74, 6) is 0.0296. The lowest BCUT2D eigenvalue weighted by Gasteiger charge is -2.08. The Morgan fingerprint density at radius 2 is 2.47 bits per heavy atom. The quantitative estimate of drug-likeness (QED) is 0.834. The van der Waals surface area contributed by atoms with Gasteiger partial charge < -0.3 is 14.6 Å². The third-order valence-electron chi connectivity index (χ3n) is 2.72. The van der Waals surface area contributed by atoms with E-state index in [0.29, 0.717) is 19.6 Å². The van der Waals surface area contributed by atoms with Crippen molar-refractivity contribution >= 4 is 17.2 Å². The molecule has 1 amide bonds. The number of carbonyl (C=O) groups is 1. The summed E-state index contributed by atoms with van der Waals surface area (Å²) in [5.41, 5.74) is 0.983. The van der Waals surface area contributed by atoms with Crippen LogP contribution < -0.4 is 5.32 Å². The Labute approximate surface area is 116 Å². The molecule has 2 rings (SSSR count). The molecule has 0 radical (unpaired) electrons. The van der Waals surface area contributed by atoms with Crippen LogP contribution >= 0.6 is 11.3 Å². The maximum absolute atomic E-state index is 11.8. The van der Waals surface area contributed by atoms with Gasteiger partial charge in [0.15, 0.2) is 0 Å². The average Bonchev–Trinajstić information content (AvgIpc) is 3.05. The standard InChI is InChI=1S/C13H17N3O2S/c1-18-5-4-16-10-14-8-11(16)9-15-13(17)7-12-3-2-6-19-12/h2-3,6,8,10H,4-5,7,9H2,1H3,(H,15,17). The maximum atomic E-state index is 11.8. The molecule has 1 N–H and O–H groups in total. The molecule has 0 aliphatic rings. The van der Waals surface area contributed by atoms with E-state index in [1.807, 2.05) is 22.1 Å². The summed E-state index contributed by atoms with van der Waals surface area (Å²) in [7, 11) is 1.67. The average molecular weight is 279 g/mol. The molecule has 2 heterocycles. The van der Waals surface area contributed by atoms with Crippen molar-refractivity contribution in [1.82, 2.24) is 14.9 Å². The zero-order valence-corrected chi connectivity index (χ0v) is 11.7. The fraction of sp³-hybridized carbons (Fsp3) is 0.385. The summed E-state index contributed by atoms with van der Waals surface area (Å²) in [6.45, 7) is 1.87. The summed E-state index contributed by atoms with van der Waals surface area (Å²) in [5, 5.41) is 4.88. The van der Waals surface area contributed by atoms with Crippen molar-refractivity contribution in [3.63, 3.8) is 0 Å². The van der Waals surface area contributed by atoms with E-state index in [1.165, 1.54) is 0 Å². The lowest BCUT2D eigenvalue weighted by Crippen LogP contribution is -2.25. The second-order valence-electron chi connectivity index (χ2n) is 4.10. The number of ether oxygens (including phenoxy) is 1. The Balaban J connectivity index is 1.81. The van der Waals surface area contributed by atoms with E-state index < -0.39 is 0 Å². The molecule has 5 nitrogen and oxygen atoms in total. The first kappa shape index (κ1) is 13.8. The Morgan fingerprint density at radius 3 is 3.21 bits per heavy atom. The minimum Gasteiger partial charge on any atom is -0.383 e. The highest BCUT2D eigenvalue weighted by atomic mass is 32.1. The van der Waals surface area contributed by atoms with Crippen molar-refractivity contribution in [2.24, 2.45) is 0 Å². The van der Waals surface area contributed by atoms with Crippen LogP contribution in [0.3, 0.4) is 0 Å². The molecule has 0 saturated heterocycles. The molecule has 0 aromatic carbocycles. The lowest BCUT2D eigenvalue weighted by atomic mass is 10.3. The first-order chi connectivity index (χ1) is 9.29. The predicted octanol–water partition coefficient (Wildman–Crippen LogP) is 1.45. The molecular formula is C13H17N3O2S. The number of thiophene rings is 1. The third-order valence-corrected chi connectivity index (χ3v) is 3.59. The Bertz CT molecular complexity index is 508. The highest BCUT2D eigenvalue weighted by Crippen LogP contribution is 2.09. The van der Waals surface area contributed by atoms with E-state index in [1.54, 1.807) is 31.0 Å². The van der Waals surface area contributed by atoms with Crippen LogP contribution in [0.1, 0.15) is 10.6 Å². The van der Waals surface area contributed by atoms with Gasteiger partial charge in [-0.25, -0.2) is 4.98 Å². The molecule has 102 valence electrons. The summed E-state index contributed by atoms with van der Waals surface area (Å²) < 4.78 is 7.01. The zero-order valence-electron chi connectivity index (χ0n) is 10.8. The molecular weight excluding hydrogens is 262 g/mol. The third kappa shape index (κ3) is 4.18. The number of amides is 1. The summed E-state index contributed by atoms with van der Waals surface area (Å²) in [4.78, 5) is 16.9. The van der Waals surface area contributed by atoms with Crippen LogP contribution in [0.2, 0.25) is 0 Å². The van der Waals surface area contributed by atoms with Gasteiger partial charge in [-0.15, -0.1) is 11.3 Å². The van der Waals surface area contributed by atoms with Crippen LogP contribution in [0.4, 0.5) is 0 Å². The van der Waals surface area contributed by atoms with E-state index >= 15 is 0 Å². The molecule has 0 unspecified atom stereocenters. The Hall–Kier alpha value is -1.66. The van der Waals surface area contributed by atoms with Crippen LogP contribution in [0, 0.1) is 0 Å². The molecule has 0 spiro atoms. The summed E-state index contributed by atoms with van der Waals surface area (Å²) >= 11 is 1.59. The summed E-state index contributed by atoms with van der Waals surface area (Å²) in [6.07, 6.45) is 3.95. The van der Waals surface area contributed by atoms with Crippen molar-refractivity contribution in [2.45, 2.75) is 19.5 Å². The van der Waals surface area contributed by atoms with Gasteiger partial charge in [-0.3, -0.25) is 4.79 Å². The minimum atomic E-state index is 0.0296. The Morgan fingerprint density at radius 1 is 1.58 bits per heavy atom. The highest BCUT2D eigenvalue weighted by molar-refractivity contribution is 7.10. The van der Waals surface area contributed by atoms with E-state index in [-0.39, 0.29) is 5.91 Å². The van der Waals surface area contributed by atoms with Gasteiger partial charge >= 0.3 is 0 Å². The number of rotatable bonds is 7. The van der Waals surface area contributed by atoms with Crippen molar-refractivity contribution in [1.29, 1.82) is 0 Å². The van der Waals surface area contributed by atoms with Gasteiger partial charge in [-0.1, -0.05) is 6.07 Å². The van der Waals surface area contributed by atoms with Gasteiger partial charge in [0.05, 0.1) is 31.6 Å². The van der Waals surface area contributed by atoms with Gasteiger partial charge in [-0.2, -0.15) is 0 Å². The van der Waals surface area contributed by atoms with Gasteiger partial charge in [0.1, 0.15) is 0 Å². The van der Waals surface area contributed by atoms with Gasteiger partial charge in [0.2, 0.25) is 5.91 Å². The topological polar surface area (TPSA) is 56.1 Å². The summed E-state index contributed by atoms with van der Waals surface area (Å²) in [6, 6.07) is 3.92. The molecule has 2 aromatic heterocycles. The molecule has 2 aromatic rings. The highest BCUT2D eigenvalue weighted by Gasteiger charge is 2.06. The maximum Gasteiger partial charge on any atom is 0.225 e. The first-order valence-corrected chi connectivity index (χ1v) is 6.94. The molecule has 0 saturated carbocycles. The van der Waals surface area contributed by atoms with Gasteiger partial charge in [0.25, 0.3) is 0 Å². The predicted molar refractivity (Wildman–Crippen MR) is 74.0 cm³/mol. The van der Waals surface area contributed by atoms with Crippen molar-refractivity contribution < 1.29 is 9.53 Å². The number of hydrogen-bond acceptors (Lipinski definition) is 4. The van der Waals surface area contributed by atoms with E-state index in [0.717, 1.165) is 17.1 Å². The van der Waals surface area contributed by atoms with Crippen LogP contribution in [0.15, 0.2) is 30.0 Å². The molecule has 0 fully saturated rings. The van der Waals surface area contributed by atoms with Crippen molar-refractivity contribution in [2.75, 3.05) is 13.7 Å². The van der Waals surface area contributed by atoms with Gasteiger partial charge in [-0.05, 0) is 11.4 Å². The van der Waals surface area contributed by atoms with Crippen LogP contribution in [0.5, 0.6) is 0 Å². The number of nitrogens with zero attached hydrogens (tertiary/aromatic N) is 2. The molecule has 0 aliphatic heterocycles. The largest absolute Gasteiger partial charge is 0.383 e. The fourth-order valence-corrected chi connectivity index (χ4v) is 2.41. The zero-order chi connectivity index (χ0) is 13.5. The SMILES string of the molecule is COCCn1cncc1CNC(=O)Cc1cccs1. The van der Waals surface area contributed by atoms with Crippen molar-refractivity contribution in [3.05, 3.63) is 40.6 Å². The van der Waals surface area contributed by atoms with Crippen LogP contribution in [-0.4, -0.2) is 29.2 Å². The second kappa shape index (κ2) is 7.06. The molecule has 0 atom stereocenters. The van der Waals surface area contributed by atoms with E-state index in [9.17, 15) is 4.79 Å².